The molecule has 0 unspecified atom stereocenters. The van der Waals surface area contributed by atoms with Crippen LogP contribution in [-0.4, -0.2) is 31.6 Å². The molecule has 1 saturated heterocycles. The Morgan fingerprint density at radius 2 is 2.05 bits per heavy atom. The fourth-order valence-electron chi connectivity index (χ4n) is 2.26. The number of ether oxygens (including phenoxy) is 1. The fraction of sp³-hybridized carbons (Fsp3) is 0.500. The Labute approximate surface area is 124 Å². The average molecular weight is 303 g/mol. The molecule has 0 bridgehead atoms. The first-order valence-electron chi connectivity index (χ1n) is 6.41. The first kappa shape index (κ1) is 16.7. The normalized spacial score (nSPS) is 16.9. The standard InChI is InChI=1S/C14H19FN2O2.ClH/c1-14(5-7-16-8-6-14)17-13(18)10-3-4-12(19-2)11(15)9-10;/h3-4,9,16H,5-8H2,1-2H3,(H,17,18);1H. The highest BCUT2D eigenvalue weighted by Crippen LogP contribution is 2.20. The third kappa shape index (κ3) is 3.84. The van der Waals surface area contributed by atoms with Gasteiger partial charge in [0.2, 0.25) is 0 Å². The lowest BCUT2D eigenvalue weighted by Crippen LogP contribution is -2.52. The highest BCUT2D eigenvalue weighted by Gasteiger charge is 2.28. The van der Waals surface area contributed by atoms with E-state index in [4.69, 9.17) is 4.74 Å². The number of carbonyl (C=O) groups excluding carboxylic acids is 1. The number of benzene rings is 1. The minimum Gasteiger partial charge on any atom is -0.494 e. The van der Waals surface area contributed by atoms with Crippen molar-refractivity contribution in [3.63, 3.8) is 0 Å². The minimum absolute atomic E-state index is 0. The van der Waals surface area contributed by atoms with Crippen molar-refractivity contribution in [1.82, 2.24) is 10.6 Å². The molecule has 2 rings (SSSR count). The smallest absolute Gasteiger partial charge is 0.251 e. The van der Waals surface area contributed by atoms with Crippen molar-refractivity contribution in [2.24, 2.45) is 0 Å². The lowest BCUT2D eigenvalue weighted by molar-refractivity contribution is 0.0887. The van der Waals surface area contributed by atoms with Gasteiger partial charge in [0.05, 0.1) is 7.11 Å². The van der Waals surface area contributed by atoms with Gasteiger partial charge in [-0.2, -0.15) is 0 Å². The molecule has 112 valence electrons. The Morgan fingerprint density at radius 3 is 2.60 bits per heavy atom. The van der Waals surface area contributed by atoms with Gasteiger partial charge >= 0.3 is 0 Å². The highest BCUT2D eigenvalue weighted by atomic mass is 35.5. The molecule has 0 saturated carbocycles. The van der Waals surface area contributed by atoms with Crippen LogP contribution in [0.15, 0.2) is 18.2 Å². The van der Waals surface area contributed by atoms with Crippen molar-refractivity contribution >= 4 is 18.3 Å². The molecule has 1 aliphatic heterocycles. The van der Waals surface area contributed by atoms with E-state index in [1.54, 1.807) is 6.07 Å². The van der Waals surface area contributed by atoms with Crippen LogP contribution >= 0.6 is 12.4 Å². The monoisotopic (exact) mass is 302 g/mol. The Kier molecular flexibility index (Phi) is 5.77. The van der Waals surface area contributed by atoms with Gasteiger partial charge in [0, 0.05) is 11.1 Å². The molecule has 20 heavy (non-hydrogen) atoms. The summed E-state index contributed by atoms with van der Waals surface area (Å²) in [5, 5.41) is 6.24. The van der Waals surface area contributed by atoms with Crippen LogP contribution in [0, 0.1) is 5.82 Å². The van der Waals surface area contributed by atoms with Crippen molar-refractivity contribution in [1.29, 1.82) is 0 Å². The first-order chi connectivity index (χ1) is 9.04. The molecule has 1 aromatic rings. The summed E-state index contributed by atoms with van der Waals surface area (Å²) in [5.41, 5.74) is 0.0942. The predicted molar refractivity (Wildman–Crippen MR) is 78.2 cm³/mol. The summed E-state index contributed by atoms with van der Waals surface area (Å²) in [5.74, 6) is -0.624. The van der Waals surface area contributed by atoms with Gasteiger partial charge in [0.25, 0.3) is 5.91 Å². The lowest BCUT2D eigenvalue weighted by atomic mass is 9.90. The molecule has 1 heterocycles. The summed E-state index contributed by atoms with van der Waals surface area (Å²) in [6.45, 7) is 3.78. The molecule has 0 radical (unpaired) electrons. The van der Waals surface area contributed by atoms with E-state index in [1.807, 2.05) is 6.92 Å². The number of piperidine rings is 1. The minimum atomic E-state index is -0.523. The van der Waals surface area contributed by atoms with Crippen molar-refractivity contribution < 1.29 is 13.9 Å². The Bertz CT molecular complexity index is 476. The molecular formula is C14H20ClFN2O2. The van der Waals surface area contributed by atoms with Crippen molar-refractivity contribution in [3.8, 4) is 5.75 Å². The molecule has 1 fully saturated rings. The summed E-state index contributed by atoms with van der Waals surface area (Å²) >= 11 is 0. The van der Waals surface area contributed by atoms with Crippen LogP contribution in [0.25, 0.3) is 0 Å². The summed E-state index contributed by atoms with van der Waals surface area (Å²) in [4.78, 5) is 12.1. The summed E-state index contributed by atoms with van der Waals surface area (Å²) in [6, 6.07) is 4.25. The summed E-state index contributed by atoms with van der Waals surface area (Å²) in [7, 11) is 1.40. The van der Waals surface area contributed by atoms with E-state index in [1.165, 1.54) is 19.2 Å². The zero-order valence-electron chi connectivity index (χ0n) is 11.7. The predicted octanol–water partition coefficient (Wildman–Crippen LogP) is 2.13. The number of halogens is 2. The molecule has 0 atom stereocenters. The van der Waals surface area contributed by atoms with Crippen LogP contribution in [0.3, 0.4) is 0 Å². The van der Waals surface area contributed by atoms with Crippen LogP contribution < -0.4 is 15.4 Å². The van der Waals surface area contributed by atoms with E-state index in [0.29, 0.717) is 5.56 Å². The van der Waals surface area contributed by atoms with Crippen LogP contribution in [0.4, 0.5) is 4.39 Å². The number of hydrogen-bond acceptors (Lipinski definition) is 3. The molecule has 1 aromatic carbocycles. The SMILES string of the molecule is COc1ccc(C(=O)NC2(C)CCNCC2)cc1F.Cl. The number of carbonyl (C=O) groups is 1. The average Bonchev–Trinajstić information content (AvgIpc) is 2.39. The third-order valence-corrected chi connectivity index (χ3v) is 3.54. The molecule has 6 heteroatoms. The van der Waals surface area contributed by atoms with Gasteiger partial charge in [0.15, 0.2) is 11.6 Å². The molecule has 2 N–H and O–H groups in total. The fourth-order valence-corrected chi connectivity index (χ4v) is 2.26. The molecule has 0 aromatic heterocycles. The van der Waals surface area contributed by atoms with Crippen LogP contribution in [0.2, 0.25) is 0 Å². The van der Waals surface area contributed by atoms with E-state index in [9.17, 15) is 9.18 Å². The van der Waals surface area contributed by atoms with E-state index in [-0.39, 0.29) is 29.6 Å². The second-order valence-corrected chi connectivity index (χ2v) is 5.11. The number of nitrogens with one attached hydrogen (secondary N) is 2. The van der Waals surface area contributed by atoms with E-state index < -0.39 is 5.82 Å². The van der Waals surface area contributed by atoms with Crippen molar-refractivity contribution in [2.45, 2.75) is 25.3 Å². The maximum absolute atomic E-state index is 13.6. The number of methoxy groups -OCH3 is 1. The second kappa shape index (κ2) is 6.90. The van der Waals surface area contributed by atoms with E-state index in [0.717, 1.165) is 25.9 Å². The van der Waals surface area contributed by atoms with Gasteiger partial charge in [0.1, 0.15) is 0 Å². The number of amides is 1. The summed E-state index contributed by atoms with van der Waals surface area (Å²) in [6.07, 6.45) is 1.74. The molecular weight excluding hydrogens is 283 g/mol. The Balaban J connectivity index is 0.00000200. The maximum Gasteiger partial charge on any atom is 0.251 e. The van der Waals surface area contributed by atoms with Crippen LogP contribution in [0.1, 0.15) is 30.1 Å². The number of hydrogen-bond donors (Lipinski definition) is 2. The lowest BCUT2D eigenvalue weighted by Gasteiger charge is -2.35. The van der Waals surface area contributed by atoms with Gasteiger partial charge in [-0.25, -0.2) is 4.39 Å². The topological polar surface area (TPSA) is 50.4 Å². The van der Waals surface area contributed by atoms with Crippen LogP contribution in [-0.2, 0) is 0 Å². The molecule has 1 aliphatic rings. The second-order valence-electron chi connectivity index (χ2n) is 5.11. The van der Waals surface area contributed by atoms with Gasteiger partial charge < -0.3 is 15.4 Å². The summed E-state index contributed by atoms with van der Waals surface area (Å²) < 4.78 is 18.4. The zero-order valence-corrected chi connectivity index (χ0v) is 12.5. The van der Waals surface area contributed by atoms with Crippen molar-refractivity contribution in [2.75, 3.05) is 20.2 Å². The van der Waals surface area contributed by atoms with Gasteiger partial charge in [-0.3, -0.25) is 4.79 Å². The largest absolute Gasteiger partial charge is 0.494 e. The van der Waals surface area contributed by atoms with E-state index >= 15 is 0 Å². The maximum atomic E-state index is 13.6. The zero-order chi connectivity index (χ0) is 13.9. The van der Waals surface area contributed by atoms with Gasteiger partial charge in [-0.05, 0) is 51.1 Å². The van der Waals surface area contributed by atoms with Gasteiger partial charge in [-0.1, -0.05) is 0 Å². The van der Waals surface area contributed by atoms with Crippen LogP contribution in [0.5, 0.6) is 5.75 Å². The number of rotatable bonds is 3. The molecule has 1 amide bonds. The molecule has 0 spiro atoms. The third-order valence-electron chi connectivity index (χ3n) is 3.54. The van der Waals surface area contributed by atoms with Crippen molar-refractivity contribution in [3.05, 3.63) is 29.6 Å². The van der Waals surface area contributed by atoms with E-state index in [2.05, 4.69) is 10.6 Å². The first-order valence-corrected chi connectivity index (χ1v) is 6.41. The molecule has 4 nitrogen and oxygen atoms in total. The van der Waals surface area contributed by atoms with Gasteiger partial charge in [-0.15, -0.1) is 12.4 Å². The Hall–Kier alpha value is -1.33. The highest BCUT2D eigenvalue weighted by molar-refractivity contribution is 5.94. The quantitative estimate of drug-likeness (QED) is 0.899. The Morgan fingerprint density at radius 1 is 1.40 bits per heavy atom. The molecule has 0 aliphatic carbocycles.